The van der Waals surface area contributed by atoms with E-state index in [9.17, 15) is 4.79 Å². The Bertz CT molecular complexity index is 378. The normalized spacial score (nSPS) is 25.8. The van der Waals surface area contributed by atoms with Crippen LogP contribution in [0.4, 0.5) is 0 Å². The van der Waals surface area contributed by atoms with E-state index in [0.717, 1.165) is 5.56 Å². The van der Waals surface area contributed by atoms with Crippen LogP contribution in [0.5, 0.6) is 0 Å². The Kier molecular flexibility index (Phi) is 3.30. The second-order valence-corrected chi connectivity index (χ2v) is 5.53. The second kappa shape index (κ2) is 4.55. The van der Waals surface area contributed by atoms with Gasteiger partial charge >= 0.3 is 0 Å². The van der Waals surface area contributed by atoms with Gasteiger partial charge in [0.1, 0.15) is 0 Å². The number of nitrogens with zero attached hydrogens (tertiary/aromatic N) is 1. The summed E-state index contributed by atoms with van der Waals surface area (Å²) in [5.74, 6) is 0.131. The molecule has 16 heavy (non-hydrogen) atoms. The minimum absolute atomic E-state index is 0.131. The highest BCUT2D eigenvalue weighted by Crippen LogP contribution is 2.18. The summed E-state index contributed by atoms with van der Waals surface area (Å²) in [5.41, 5.74) is 0.809. The summed E-state index contributed by atoms with van der Waals surface area (Å²) in [4.78, 5) is 15.2. The van der Waals surface area contributed by atoms with Gasteiger partial charge in [-0.1, -0.05) is 0 Å². The van der Waals surface area contributed by atoms with Gasteiger partial charge in [0.2, 0.25) is 0 Å². The molecule has 0 aliphatic carbocycles. The zero-order valence-electron chi connectivity index (χ0n) is 9.90. The monoisotopic (exact) mass is 239 g/mol. The summed E-state index contributed by atoms with van der Waals surface area (Å²) in [6, 6.07) is 1.96. The molecular weight excluding hydrogens is 222 g/mol. The van der Waals surface area contributed by atoms with E-state index in [2.05, 4.69) is 0 Å². The molecule has 1 aromatic rings. The zero-order valence-corrected chi connectivity index (χ0v) is 10.7. The molecule has 2 heterocycles. The van der Waals surface area contributed by atoms with E-state index in [1.165, 1.54) is 4.88 Å². The predicted molar refractivity (Wildman–Crippen MR) is 65.0 cm³/mol. The zero-order chi connectivity index (χ0) is 11.7. The van der Waals surface area contributed by atoms with E-state index in [0.29, 0.717) is 13.1 Å². The molecule has 1 fully saturated rings. The first-order valence-corrected chi connectivity index (χ1v) is 6.44. The maximum atomic E-state index is 12.2. The Morgan fingerprint density at radius 1 is 1.44 bits per heavy atom. The summed E-state index contributed by atoms with van der Waals surface area (Å²) in [5, 5.41) is 1.93. The van der Waals surface area contributed by atoms with Crippen LogP contribution in [-0.2, 0) is 4.74 Å². The second-order valence-electron chi connectivity index (χ2n) is 4.41. The Morgan fingerprint density at radius 3 is 2.56 bits per heavy atom. The molecule has 1 amide bonds. The van der Waals surface area contributed by atoms with Gasteiger partial charge in [-0.05, 0) is 26.8 Å². The minimum Gasteiger partial charge on any atom is -0.372 e. The number of morpholine rings is 1. The molecule has 1 aliphatic rings. The van der Waals surface area contributed by atoms with Crippen LogP contribution in [0.15, 0.2) is 11.4 Å². The average molecular weight is 239 g/mol. The quantitative estimate of drug-likeness (QED) is 0.752. The molecule has 1 aromatic heterocycles. The van der Waals surface area contributed by atoms with Crippen LogP contribution < -0.4 is 0 Å². The Morgan fingerprint density at radius 2 is 2.06 bits per heavy atom. The molecule has 0 aromatic carbocycles. The Balaban J connectivity index is 2.09. The number of rotatable bonds is 1. The number of ether oxygens (including phenoxy) is 1. The van der Waals surface area contributed by atoms with E-state index < -0.39 is 0 Å². The number of amides is 1. The third-order valence-electron chi connectivity index (χ3n) is 2.68. The standard InChI is InChI=1S/C12H17NO2S/c1-8-5-13(6-9(2)15-8)12(14)11-4-10(3)16-7-11/h4,7-9H,5-6H2,1-3H3/t8-,9+. The number of hydrogen-bond donors (Lipinski definition) is 0. The lowest BCUT2D eigenvalue weighted by Gasteiger charge is -2.35. The first-order valence-electron chi connectivity index (χ1n) is 5.56. The van der Waals surface area contributed by atoms with Gasteiger partial charge in [-0.3, -0.25) is 4.79 Å². The fourth-order valence-corrected chi connectivity index (χ4v) is 2.76. The molecule has 1 saturated heterocycles. The van der Waals surface area contributed by atoms with Crippen LogP contribution in [0.3, 0.4) is 0 Å². The Hall–Kier alpha value is -0.870. The smallest absolute Gasteiger partial charge is 0.254 e. The highest BCUT2D eigenvalue weighted by molar-refractivity contribution is 7.10. The maximum Gasteiger partial charge on any atom is 0.254 e. The highest BCUT2D eigenvalue weighted by atomic mass is 32.1. The molecule has 2 rings (SSSR count). The van der Waals surface area contributed by atoms with Crippen molar-refractivity contribution in [2.45, 2.75) is 33.0 Å². The summed E-state index contributed by atoms with van der Waals surface area (Å²) < 4.78 is 5.62. The highest BCUT2D eigenvalue weighted by Gasteiger charge is 2.26. The molecule has 0 radical (unpaired) electrons. The van der Waals surface area contributed by atoms with Gasteiger partial charge < -0.3 is 9.64 Å². The van der Waals surface area contributed by atoms with Crippen molar-refractivity contribution in [2.75, 3.05) is 13.1 Å². The maximum absolute atomic E-state index is 12.2. The fraction of sp³-hybridized carbons (Fsp3) is 0.583. The van der Waals surface area contributed by atoms with E-state index in [1.807, 2.05) is 37.1 Å². The molecule has 88 valence electrons. The Labute approximate surface area is 100 Å². The molecule has 4 heteroatoms. The van der Waals surface area contributed by atoms with Gasteiger partial charge in [-0.25, -0.2) is 0 Å². The van der Waals surface area contributed by atoms with Crippen molar-refractivity contribution in [2.24, 2.45) is 0 Å². The van der Waals surface area contributed by atoms with Crippen LogP contribution in [0.1, 0.15) is 29.1 Å². The SMILES string of the molecule is Cc1cc(C(=O)N2C[C@@H](C)O[C@@H](C)C2)cs1. The number of hydrogen-bond acceptors (Lipinski definition) is 3. The molecule has 0 N–H and O–H groups in total. The summed E-state index contributed by atoms with van der Waals surface area (Å²) in [6.07, 6.45) is 0.264. The number of carbonyl (C=O) groups is 1. The summed E-state index contributed by atoms with van der Waals surface area (Å²) in [7, 11) is 0. The van der Waals surface area contributed by atoms with E-state index >= 15 is 0 Å². The van der Waals surface area contributed by atoms with Gasteiger partial charge in [0, 0.05) is 23.3 Å². The van der Waals surface area contributed by atoms with Gasteiger partial charge in [-0.15, -0.1) is 11.3 Å². The number of aryl methyl sites for hydroxylation is 1. The van der Waals surface area contributed by atoms with Crippen molar-refractivity contribution < 1.29 is 9.53 Å². The summed E-state index contributed by atoms with van der Waals surface area (Å²) in [6.45, 7) is 7.42. The van der Waals surface area contributed by atoms with Crippen molar-refractivity contribution in [3.05, 3.63) is 21.9 Å². The average Bonchev–Trinajstić information content (AvgIpc) is 2.62. The van der Waals surface area contributed by atoms with Crippen LogP contribution >= 0.6 is 11.3 Å². The topological polar surface area (TPSA) is 29.5 Å². The van der Waals surface area contributed by atoms with Gasteiger partial charge in [0.15, 0.2) is 0 Å². The fourth-order valence-electron chi connectivity index (χ4n) is 2.08. The van der Waals surface area contributed by atoms with Gasteiger partial charge in [0.25, 0.3) is 5.91 Å². The number of thiophene rings is 1. The molecule has 0 saturated carbocycles. The first-order chi connectivity index (χ1) is 7.56. The lowest BCUT2D eigenvalue weighted by Crippen LogP contribution is -2.48. The molecule has 2 atom stereocenters. The molecule has 3 nitrogen and oxygen atoms in total. The number of carbonyl (C=O) groups excluding carboxylic acids is 1. The molecular formula is C12H17NO2S. The molecule has 0 unspecified atom stereocenters. The van der Waals surface area contributed by atoms with Crippen LogP contribution in [0, 0.1) is 6.92 Å². The predicted octanol–water partition coefficient (Wildman–Crippen LogP) is 2.31. The van der Waals surface area contributed by atoms with Crippen molar-refractivity contribution >= 4 is 17.2 Å². The van der Waals surface area contributed by atoms with Crippen molar-refractivity contribution in [3.8, 4) is 0 Å². The van der Waals surface area contributed by atoms with Crippen molar-refractivity contribution in [1.29, 1.82) is 0 Å². The first kappa shape index (κ1) is 11.6. The van der Waals surface area contributed by atoms with Crippen molar-refractivity contribution in [1.82, 2.24) is 4.90 Å². The van der Waals surface area contributed by atoms with E-state index in [1.54, 1.807) is 11.3 Å². The minimum atomic E-state index is 0.131. The van der Waals surface area contributed by atoms with Crippen molar-refractivity contribution in [3.63, 3.8) is 0 Å². The molecule has 1 aliphatic heterocycles. The lowest BCUT2D eigenvalue weighted by atomic mass is 10.2. The van der Waals surface area contributed by atoms with Crippen LogP contribution in [-0.4, -0.2) is 36.1 Å². The largest absolute Gasteiger partial charge is 0.372 e. The molecule has 0 bridgehead atoms. The van der Waals surface area contributed by atoms with Gasteiger partial charge in [0.05, 0.1) is 17.8 Å². The van der Waals surface area contributed by atoms with Gasteiger partial charge in [-0.2, -0.15) is 0 Å². The summed E-state index contributed by atoms with van der Waals surface area (Å²) >= 11 is 1.62. The molecule has 0 spiro atoms. The van der Waals surface area contributed by atoms with Crippen LogP contribution in [0.2, 0.25) is 0 Å². The van der Waals surface area contributed by atoms with Crippen LogP contribution in [0.25, 0.3) is 0 Å². The lowest BCUT2D eigenvalue weighted by molar-refractivity contribution is -0.0586. The van der Waals surface area contributed by atoms with E-state index in [4.69, 9.17) is 4.74 Å². The van der Waals surface area contributed by atoms with E-state index in [-0.39, 0.29) is 18.1 Å². The third kappa shape index (κ3) is 2.44. The third-order valence-corrected chi connectivity index (χ3v) is 3.55.